The molecule has 0 heterocycles. The first-order valence-corrected chi connectivity index (χ1v) is 6.43. The first kappa shape index (κ1) is 14.5. The van der Waals surface area contributed by atoms with Gasteiger partial charge in [-0.1, -0.05) is 29.3 Å². The Morgan fingerprint density at radius 1 is 1.10 bits per heavy atom. The number of hydrogen-bond acceptors (Lipinski definition) is 3. The maximum atomic E-state index is 12.0. The highest BCUT2D eigenvalue weighted by Gasteiger charge is 2.13. The number of hydrogen-bond donors (Lipinski definition) is 3. The normalized spacial score (nSPS) is 10.3. The molecule has 0 aliphatic carbocycles. The summed E-state index contributed by atoms with van der Waals surface area (Å²) in [5.41, 5.74) is 1.30. The monoisotopic (exact) mass is 311 g/mol. The van der Waals surface area contributed by atoms with Gasteiger partial charge in [-0.2, -0.15) is 0 Å². The van der Waals surface area contributed by atoms with Gasteiger partial charge in [0.2, 0.25) is 0 Å². The van der Waals surface area contributed by atoms with Crippen LogP contribution in [-0.2, 0) is 0 Å². The SMILES string of the molecule is Cc1ccc(C(=O)Nc2cc(Cl)c(O)c(Cl)c2)c(O)c1. The van der Waals surface area contributed by atoms with E-state index >= 15 is 0 Å². The smallest absolute Gasteiger partial charge is 0.259 e. The van der Waals surface area contributed by atoms with Crippen molar-refractivity contribution in [2.75, 3.05) is 5.32 Å². The van der Waals surface area contributed by atoms with Gasteiger partial charge in [0.05, 0.1) is 15.6 Å². The van der Waals surface area contributed by atoms with Gasteiger partial charge in [0.15, 0.2) is 5.75 Å². The van der Waals surface area contributed by atoms with Crippen LogP contribution in [0.25, 0.3) is 0 Å². The molecule has 0 atom stereocenters. The molecular weight excluding hydrogens is 301 g/mol. The molecule has 0 radical (unpaired) electrons. The predicted molar refractivity (Wildman–Crippen MR) is 78.9 cm³/mol. The van der Waals surface area contributed by atoms with Gasteiger partial charge < -0.3 is 15.5 Å². The van der Waals surface area contributed by atoms with Gasteiger partial charge in [-0.05, 0) is 36.8 Å². The molecule has 0 aliphatic heterocycles. The molecule has 20 heavy (non-hydrogen) atoms. The molecule has 0 bridgehead atoms. The standard InChI is InChI=1S/C14H11Cl2NO3/c1-7-2-3-9(12(18)4-7)14(20)17-8-5-10(15)13(19)11(16)6-8/h2-6,18-19H,1H3,(H,17,20). The zero-order valence-corrected chi connectivity index (χ0v) is 12.0. The average molecular weight is 312 g/mol. The third-order valence-electron chi connectivity index (χ3n) is 2.67. The Hall–Kier alpha value is -1.91. The lowest BCUT2D eigenvalue weighted by atomic mass is 10.1. The Morgan fingerprint density at radius 2 is 1.70 bits per heavy atom. The molecule has 0 saturated carbocycles. The Kier molecular flexibility index (Phi) is 4.06. The third-order valence-corrected chi connectivity index (χ3v) is 3.25. The summed E-state index contributed by atoms with van der Waals surface area (Å²) in [7, 11) is 0. The molecule has 0 saturated heterocycles. The van der Waals surface area contributed by atoms with E-state index in [1.807, 2.05) is 0 Å². The Bertz CT molecular complexity index is 663. The Balaban J connectivity index is 2.28. The van der Waals surface area contributed by atoms with Crippen LogP contribution in [0.1, 0.15) is 15.9 Å². The maximum absolute atomic E-state index is 12.0. The number of anilines is 1. The van der Waals surface area contributed by atoms with Crippen molar-refractivity contribution in [2.24, 2.45) is 0 Å². The summed E-state index contributed by atoms with van der Waals surface area (Å²) >= 11 is 11.5. The summed E-state index contributed by atoms with van der Waals surface area (Å²) in [6.07, 6.45) is 0. The van der Waals surface area contributed by atoms with Crippen molar-refractivity contribution in [1.29, 1.82) is 0 Å². The second-order valence-corrected chi connectivity index (χ2v) is 5.08. The van der Waals surface area contributed by atoms with Crippen molar-refractivity contribution in [3.05, 3.63) is 51.5 Å². The van der Waals surface area contributed by atoms with E-state index in [1.165, 1.54) is 24.3 Å². The van der Waals surface area contributed by atoms with E-state index in [1.54, 1.807) is 13.0 Å². The fourth-order valence-electron chi connectivity index (χ4n) is 1.67. The van der Waals surface area contributed by atoms with Gasteiger partial charge in [0.1, 0.15) is 5.75 Å². The van der Waals surface area contributed by atoms with E-state index in [9.17, 15) is 15.0 Å². The van der Waals surface area contributed by atoms with Crippen molar-refractivity contribution in [2.45, 2.75) is 6.92 Å². The molecule has 3 N–H and O–H groups in total. The average Bonchev–Trinajstić information content (AvgIpc) is 2.35. The molecule has 0 aliphatic rings. The fourth-order valence-corrected chi connectivity index (χ4v) is 2.16. The predicted octanol–water partition coefficient (Wildman–Crippen LogP) is 3.97. The van der Waals surface area contributed by atoms with Crippen molar-refractivity contribution in [3.63, 3.8) is 0 Å². The maximum Gasteiger partial charge on any atom is 0.259 e. The number of nitrogens with one attached hydrogen (secondary N) is 1. The number of phenols is 2. The number of halogens is 2. The van der Waals surface area contributed by atoms with Crippen LogP contribution < -0.4 is 5.32 Å². The number of phenolic OH excluding ortho intramolecular Hbond substituents is 2. The topological polar surface area (TPSA) is 69.6 Å². The van der Waals surface area contributed by atoms with Crippen LogP contribution in [-0.4, -0.2) is 16.1 Å². The number of benzene rings is 2. The minimum absolute atomic E-state index is 0.0286. The summed E-state index contributed by atoms with van der Waals surface area (Å²) in [6, 6.07) is 7.46. The van der Waals surface area contributed by atoms with E-state index in [4.69, 9.17) is 23.2 Å². The van der Waals surface area contributed by atoms with Gasteiger partial charge in [-0.3, -0.25) is 4.79 Å². The van der Waals surface area contributed by atoms with Crippen LogP contribution in [0.3, 0.4) is 0 Å². The second kappa shape index (κ2) is 5.61. The first-order valence-electron chi connectivity index (χ1n) is 5.67. The quantitative estimate of drug-likeness (QED) is 0.735. The van der Waals surface area contributed by atoms with Crippen LogP contribution in [0.4, 0.5) is 5.69 Å². The van der Waals surface area contributed by atoms with E-state index in [0.29, 0.717) is 5.69 Å². The van der Waals surface area contributed by atoms with Gasteiger partial charge in [-0.25, -0.2) is 0 Å². The number of aryl methyl sites for hydroxylation is 1. The minimum atomic E-state index is -0.500. The number of rotatable bonds is 2. The molecule has 0 unspecified atom stereocenters. The first-order chi connectivity index (χ1) is 9.38. The molecule has 4 nitrogen and oxygen atoms in total. The zero-order valence-electron chi connectivity index (χ0n) is 10.4. The molecular formula is C14H11Cl2NO3. The number of carbonyl (C=O) groups is 1. The van der Waals surface area contributed by atoms with Crippen molar-refractivity contribution in [3.8, 4) is 11.5 Å². The van der Waals surface area contributed by atoms with Crippen LogP contribution in [0.5, 0.6) is 11.5 Å². The third kappa shape index (κ3) is 2.98. The molecule has 2 aromatic rings. The zero-order chi connectivity index (χ0) is 14.9. The Labute approximate surface area is 125 Å². The van der Waals surface area contributed by atoms with Crippen molar-refractivity contribution < 1.29 is 15.0 Å². The van der Waals surface area contributed by atoms with Crippen molar-refractivity contribution in [1.82, 2.24) is 0 Å². The summed E-state index contributed by atoms with van der Waals surface area (Å²) in [5.74, 6) is -0.858. The van der Waals surface area contributed by atoms with Gasteiger partial charge in [0.25, 0.3) is 5.91 Å². The molecule has 6 heteroatoms. The second-order valence-electron chi connectivity index (χ2n) is 4.26. The van der Waals surface area contributed by atoms with E-state index < -0.39 is 5.91 Å². The van der Waals surface area contributed by atoms with Gasteiger partial charge in [-0.15, -0.1) is 0 Å². The van der Waals surface area contributed by atoms with Gasteiger partial charge in [0, 0.05) is 5.69 Å². The molecule has 1 amide bonds. The highest BCUT2D eigenvalue weighted by molar-refractivity contribution is 6.37. The van der Waals surface area contributed by atoms with E-state index in [2.05, 4.69) is 5.32 Å². The van der Waals surface area contributed by atoms with Crippen LogP contribution in [0.15, 0.2) is 30.3 Å². The fraction of sp³-hybridized carbons (Fsp3) is 0.0714. The highest BCUT2D eigenvalue weighted by atomic mass is 35.5. The van der Waals surface area contributed by atoms with Gasteiger partial charge >= 0.3 is 0 Å². The van der Waals surface area contributed by atoms with Crippen LogP contribution in [0, 0.1) is 6.92 Å². The highest BCUT2D eigenvalue weighted by Crippen LogP contribution is 2.34. The molecule has 0 aromatic heterocycles. The molecule has 2 rings (SSSR count). The Morgan fingerprint density at radius 3 is 2.25 bits per heavy atom. The molecule has 0 spiro atoms. The molecule has 2 aromatic carbocycles. The number of carbonyl (C=O) groups excluding carboxylic acids is 1. The van der Waals surface area contributed by atoms with Crippen LogP contribution >= 0.6 is 23.2 Å². The lowest BCUT2D eigenvalue weighted by Gasteiger charge is -2.09. The summed E-state index contributed by atoms with van der Waals surface area (Å²) in [4.78, 5) is 12.0. The number of aromatic hydroxyl groups is 2. The van der Waals surface area contributed by atoms with Crippen molar-refractivity contribution >= 4 is 34.8 Å². The minimum Gasteiger partial charge on any atom is -0.507 e. The van der Waals surface area contributed by atoms with E-state index in [-0.39, 0.29) is 27.1 Å². The molecule has 104 valence electrons. The molecule has 0 fully saturated rings. The lowest BCUT2D eigenvalue weighted by molar-refractivity contribution is 0.102. The lowest BCUT2D eigenvalue weighted by Crippen LogP contribution is -2.12. The summed E-state index contributed by atoms with van der Waals surface area (Å²) in [6.45, 7) is 1.81. The largest absolute Gasteiger partial charge is 0.507 e. The summed E-state index contributed by atoms with van der Waals surface area (Å²) in [5, 5.41) is 21.8. The van der Waals surface area contributed by atoms with Crippen LogP contribution in [0.2, 0.25) is 10.0 Å². The number of amides is 1. The summed E-state index contributed by atoms with van der Waals surface area (Å²) < 4.78 is 0. The van der Waals surface area contributed by atoms with E-state index in [0.717, 1.165) is 5.56 Å².